The summed E-state index contributed by atoms with van der Waals surface area (Å²) in [6.07, 6.45) is -3.24. The molecule has 0 aliphatic carbocycles. The molecule has 1 N–H and O–H groups in total. The van der Waals surface area contributed by atoms with Crippen LogP contribution in [-0.2, 0) is 15.8 Å². The summed E-state index contributed by atoms with van der Waals surface area (Å²) in [6, 6.07) is 7.22. The summed E-state index contributed by atoms with van der Waals surface area (Å²) in [7, 11) is 2.76. The molecule has 0 saturated carbocycles. The zero-order chi connectivity index (χ0) is 24.6. The van der Waals surface area contributed by atoms with Gasteiger partial charge in [-0.25, -0.2) is 9.79 Å². The number of hydrogen-bond donors (Lipinski definition) is 1. The van der Waals surface area contributed by atoms with E-state index in [1.807, 2.05) is 0 Å². The standard InChI is InChI=1S/C21H16F3N5O4S/c1-28-17-15(19(31)29(2)20(28)32)18(27-16(26-17)13-8-5-9-33-13)34-10-14(30)25-12-7-4-3-6-11(12)21(22,23)24/h3-9,15H,10H2,1-2H3/p+1. The Balaban J connectivity index is 1.61. The number of furan rings is 1. The Bertz CT molecular complexity index is 1270. The lowest BCUT2D eigenvalue weighted by Gasteiger charge is -2.26. The Morgan fingerprint density at radius 3 is 2.62 bits per heavy atom. The number of para-hydroxylation sites is 1. The lowest BCUT2D eigenvalue weighted by Crippen LogP contribution is -2.54. The van der Waals surface area contributed by atoms with Gasteiger partial charge in [-0.05, 0) is 24.3 Å². The van der Waals surface area contributed by atoms with Crippen LogP contribution in [0.1, 0.15) is 11.3 Å². The highest BCUT2D eigenvalue weighted by molar-refractivity contribution is 8.14. The van der Waals surface area contributed by atoms with Gasteiger partial charge in [0.05, 0.1) is 37.4 Å². The van der Waals surface area contributed by atoms with E-state index in [0.29, 0.717) is 0 Å². The number of alkyl halides is 3. The second-order valence-electron chi connectivity index (χ2n) is 7.27. The highest BCUT2D eigenvalue weighted by Gasteiger charge is 2.49. The highest BCUT2D eigenvalue weighted by Crippen LogP contribution is 2.34. The van der Waals surface area contributed by atoms with E-state index in [1.54, 1.807) is 12.1 Å². The van der Waals surface area contributed by atoms with Crippen LogP contribution in [0.25, 0.3) is 0 Å². The molecular formula is C21H17F3N5O4S+. The number of nitrogens with zero attached hydrogens (tertiary/aromatic N) is 4. The van der Waals surface area contributed by atoms with Crippen molar-refractivity contribution in [3.8, 4) is 0 Å². The average molecular weight is 492 g/mol. The smallest absolute Gasteiger partial charge is 0.445 e. The quantitative estimate of drug-likeness (QED) is 0.661. The molecule has 4 rings (SSSR count). The van der Waals surface area contributed by atoms with Crippen molar-refractivity contribution in [1.82, 2.24) is 4.90 Å². The highest BCUT2D eigenvalue weighted by atomic mass is 32.2. The summed E-state index contributed by atoms with van der Waals surface area (Å²) in [5, 5.41) is 2.41. The lowest BCUT2D eigenvalue weighted by molar-refractivity contribution is -0.407. The molecule has 34 heavy (non-hydrogen) atoms. The summed E-state index contributed by atoms with van der Waals surface area (Å²) < 4.78 is 46.1. The van der Waals surface area contributed by atoms with E-state index >= 15 is 0 Å². The molecule has 2 aliphatic rings. The molecule has 0 bridgehead atoms. The molecule has 0 radical (unpaired) electrons. The first-order chi connectivity index (χ1) is 16.1. The molecule has 1 atom stereocenters. The van der Waals surface area contributed by atoms with Gasteiger partial charge < -0.3 is 9.73 Å². The van der Waals surface area contributed by atoms with Gasteiger partial charge in [0.15, 0.2) is 11.7 Å². The van der Waals surface area contributed by atoms with Crippen LogP contribution in [-0.4, -0.2) is 63.9 Å². The number of carbonyl (C=O) groups excluding carboxylic acids is 3. The minimum atomic E-state index is -4.64. The molecule has 176 valence electrons. The molecule has 1 aromatic heterocycles. The van der Waals surface area contributed by atoms with Gasteiger partial charge >= 0.3 is 18.1 Å². The molecule has 9 nitrogen and oxygen atoms in total. The Kier molecular flexibility index (Phi) is 6.13. The maximum atomic E-state index is 13.2. The lowest BCUT2D eigenvalue weighted by atomic mass is 10.0. The Labute approximate surface area is 195 Å². The van der Waals surface area contributed by atoms with Crippen LogP contribution in [0, 0.1) is 5.92 Å². The SMILES string of the molecule is CN1C(=O)C2C(SCC(=O)Nc3ccccc3C(F)(F)F)=NC(c3ccco3)=NC2=[N+](C)C1=O. The topological polar surface area (TPSA) is 107 Å². The zero-order valence-corrected chi connectivity index (χ0v) is 18.6. The minimum Gasteiger partial charge on any atom is -0.459 e. The number of halogens is 3. The number of fused-ring (bicyclic) bond motifs is 1. The van der Waals surface area contributed by atoms with Gasteiger partial charge in [-0.15, -0.1) is 0 Å². The molecule has 0 fully saturated rings. The molecule has 1 unspecified atom stereocenters. The summed E-state index contributed by atoms with van der Waals surface area (Å²) in [5.41, 5.74) is -1.36. The number of thioether (sulfide) groups is 1. The first kappa shape index (κ1) is 23.4. The largest absolute Gasteiger partial charge is 0.459 e. The number of carbonyl (C=O) groups is 3. The van der Waals surface area contributed by atoms with Crippen LogP contribution in [0.4, 0.5) is 23.7 Å². The first-order valence-corrected chi connectivity index (χ1v) is 10.8. The van der Waals surface area contributed by atoms with Crippen molar-refractivity contribution in [1.29, 1.82) is 0 Å². The Morgan fingerprint density at radius 2 is 1.94 bits per heavy atom. The van der Waals surface area contributed by atoms with E-state index in [2.05, 4.69) is 15.3 Å². The zero-order valence-electron chi connectivity index (χ0n) is 17.8. The van der Waals surface area contributed by atoms with Gasteiger partial charge in [0, 0.05) is 0 Å². The third-order valence-corrected chi connectivity index (χ3v) is 6.07. The van der Waals surface area contributed by atoms with Crippen molar-refractivity contribution in [2.45, 2.75) is 6.18 Å². The van der Waals surface area contributed by atoms with E-state index < -0.39 is 35.5 Å². The number of amidine groups is 2. The normalized spacial score (nSPS) is 18.5. The second-order valence-corrected chi connectivity index (χ2v) is 8.27. The number of benzene rings is 1. The maximum Gasteiger partial charge on any atom is 0.445 e. The van der Waals surface area contributed by atoms with E-state index in [9.17, 15) is 27.6 Å². The molecule has 3 heterocycles. The van der Waals surface area contributed by atoms with Crippen LogP contribution >= 0.6 is 11.8 Å². The van der Waals surface area contributed by atoms with Crippen molar-refractivity contribution in [3.05, 3.63) is 54.0 Å². The summed E-state index contributed by atoms with van der Waals surface area (Å²) >= 11 is 0.862. The summed E-state index contributed by atoms with van der Waals surface area (Å²) in [4.78, 5) is 47.3. The van der Waals surface area contributed by atoms with Gasteiger partial charge in [0.2, 0.25) is 5.91 Å². The van der Waals surface area contributed by atoms with E-state index in [-0.39, 0.29) is 33.9 Å². The third-order valence-electron chi connectivity index (χ3n) is 5.04. The number of imide groups is 1. The number of rotatable bonds is 4. The van der Waals surface area contributed by atoms with Crippen LogP contribution < -0.4 is 5.32 Å². The summed E-state index contributed by atoms with van der Waals surface area (Å²) in [5.74, 6) is -2.22. The Morgan fingerprint density at radius 1 is 1.21 bits per heavy atom. The fraction of sp³-hybridized carbons (Fsp3) is 0.238. The van der Waals surface area contributed by atoms with Gasteiger partial charge in [0.1, 0.15) is 5.04 Å². The fourth-order valence-corrected chi connectivity index (χ4v) is 4.24. The monoisotopic (exact) mass is 492 g/mol. The van der Waals surface area contributed by atoms with Gasteiger partial charge in [0.25, 0.3) is 11.7 Å². The van der Waals surface area contributed by atoms with Gasteiger partial charge in [-0.2, -0.15) is 22.6 Å². The molecule has 4 amide bonds. The Hall–Kier alpha value is -3.74. The van der Waals surface area contributed by atoms with Crippen molar-refractivity contribution >= 4 is 52.0 Å². The number of amides is 4. The average Bonchev–Trinajstić information content (AvgIpc) is 3.34. The molecule has 0 spiro atoms. The molecule has 2 aromatic rings. The molecule has 13 heteroatoms. The van der Waals surface area contributed by atoms with Crippen molar-refractivity contribution in [3.63, 3.8) is 0 Å². The predicted molar refractivity (Wildman–Crippen MR) is 118 cm³/mol. The third kappa shape index (κ3) is 4.38. The van der Waals surface area contributed by atoms with Crippen molar-refractivity contribution in [2.24, 2.45) is 15.9 Å². The number of hydrogen-bond acceptors (Lipinski definition) is 7. The fourth-order valence-electron chi connectivity index (χ4n) is 3.37. The molecule has 2 aliphatic heterocycles. The van der Waals surface area contributed by atoms with Gasteiger partial charge in [-0.3, -0.25) is 9.59 Å². The molecule has 1 aromatic carbocycles. The number of urea groups is 1. The number of nitrogens with one attached hydrogen (secondary N) is 1. The number of aliphatic imine (C=N–C) groups is 2. The number of anilines is 1. The van der Waals surface area contributed by atoms with Gasteiger partial charge in [-0.1, -0.05) is 28.9 Å². The van der Waals surface area contributed by atoms with Crippen molar-refractivity contribution in [2.75, 3.05) is 25.2 Å². The first-order valence-electron chi connectivity index (χ1n) is 9.80. The minimum absolute atomic E-state index is 0.0959. The maximum absolute atomic E-state index is 13.2. The molecular weight excluding hydrogens is 475 g/mol. The van der Waals surface area contributed by atoms with E-state index in [4.69, 9.17) is 4.42 Å². The van der Waals surface area contributed by atoms with Crippen LogP contribution in [0.3, 0.4) is 0 Å². The summed E-state index contributed by atoms with van der Waals surface area (Å²) in [6.45, 7) is 0. The second kappa shape index (κ2) is 8.89. The van der Waals surface area contributed by atoms with E-state index in [0.717, 1.165) is 28.8 Å². The van der Waals surface area contributed by atoms with Crippen molar-refractivity contribution < 1.29 is 36.5 Å². The van der Waals surface area contributed by atoms with Crippen LogP contribution in [0.2, 0.25) is 0 Å². The predicted octanol–water partition coefficient (Wildman–Crippen LogP) is 3.08. The van der Waals surface area contributed by atoms with Crippen LogP contribution in [0.15, 0.2) is 57.1 Å². The molecule has 0 saturated heterocycles. The van der Waals surface area contributed by atoms with E-state index in [1.165, 1.54) is 37.1 Å². The van der Waals surface area contributed by atoms with Crippen LogP contribution in [0.5, 0.6) is 0 Å².